The van der Waals surface area contributed by atoms with Crippen LogP contribution in [0.3, 0.4) is 0 Å². The van der Waals surface area contributed by atoms with Gasteiger partial charge in [0.1, 0.15) is 12.3 Å². The number of hydrogen-bond donors (Lipinski definition) is 1. The highest BCUT2D eigenvalue weighted by Gasteiger charge is 2.12. The molecule has 3 rings (SSSR count). The molecule has 2 aromatic rings. The molecule has 0 spiro atoms. The van der Waals surface area contributed by atoms with Crippen molar-refractivity contribution in [3.63, 3.8) is 0 Å². The van der Waals surface area contributed by atoms with E-state index in [2.05, 4.69) is 11.2 Å². The van der Waals surface area contributed by atoms with Gasteiger partial charge in [0.2, 0.25) is 0 Å². The zero-order valence-corrected chi connectivity index (χ0v) is 10.4. The van der Waals surface area contributed by atoms with E-state index in [9.17, 15) is 4.79 Å². The standard InChI is InChI=1S/C14H14N2O3/c17-14(18)9-16-8-12(7-15-16)10-3-4-13-11(6-10)2-1-5-19-13/h3-4,6-8H,1-2,5,9H2,(H,17,18). The van der Waals surface area contributed by atoms with Gasteiger partial charge in [-0.05, 0) is 36.1 Å². The maximum Gasteiger partial charge on any atom is 0.325 e. The molecule has 0 fully saturated rings. The molecule has 98 valence electrons. The number of benzene rings is 1. The Morgan fingerprint density at radius 3 is 3.16 bits per heavy atom. The van der Waals surface area contributed by atoms with E-state index in [0.717, 1.165) is 36.3 Å². The Morgan fingerprint density at radius 1 is 1.42 bits per heavy atom. The van der Waals surface area contributed by atoms with Crippen LogP contribution in [-0.2, 0) is 17.8 Å². The van der Waals surface area contributed by atoms with Gasteiger partial charge in [-0.1, -0.05) is 6.07 Å². The first-order valence-electron chi connectivity index (χ1n) is 6.23. The van der Waals surface area contributed by atoms with Gasteiger partial charge in [-0.3, -0.25) is 9.48 Å². The average Bonchev–Trinajstić information content (AvgIpc) is 2.86. The van der Waals surface area contributed by atoms with E-state index < -0.39 is 5.97 Å². The Labute approximate surface area is 110 Å². The summed E-state index contributed by atoms with van der Waals surface area (Å²) in [5, 5.41) is 12.8. The lowest BCUT2D eigenvalue weighted by atomic mass is 10.0. The van der Waals surface area contributed by atoms with Gasteiger partial charge in [-0.15, -0.1) is 0 Å². The first kappa shape index (κ1) is 11.8. The minimum Gasteiger partial charge on any atom is -0.493 e. The molecular weight excluding hydrogens is 244 g/mol. The van der Waals surface area contributed by atoms with Crippen LogP contribution in [0.1, 0.15) is 12.0 Å². The van der Waals surface area contributed by atoms with Gasteiger partial charge < -0.3 is 9.84 Å². The molecule has 5 heteroatoms. The molecule has 0 amide bonds. The Morgan fingerprint density at radius 2 is 2.32 bits per heavy atom. The third kappa shape index (κ3) is 2.45. The van der Waals surface area contributed by atoms with Crippen molar-refractivity contribution in [1.29, 1.82) is 0 Å². The normalized spacial score (nSPS) is 13.7. The minimum atomic E-state index is -0.895. The SMILES string of the molecule is O=C(O)Cn1cc(-c2ccc3c(c2)CCCO3)cn1. The quantitative estimate of drug-likeness (QED) is 0.914. The van der Waals surface area contributed by atoms with E-state index >= 15 is 0 Å². The maximum atomic E-state index is 10.6. The molecule has 1 aromatic heterocycles. The van der Waals surface area contributed by atoms with Crippen molar-refractivity contribution in [3.05, 3.63) is 36.2 Å². The molecule has 1 aliphatic heterocycles. The highest BCUT2D eigenvalue weighted by atomic mass is 16.5. The molecule has 2 heterocycles. The van der Waals surface area contributed by atoms with Crippen molar-refractivity contribution in [2.75, 3.05) is 6.61 Å². The van der Waals surface area contributed by atoms with Crippen molar-refractivity contribution in [3.8, 4) is 16.9 Å². The minimum absolute atomic E-state index is 0.117. The summed E-state index contributed by atoms with van der Waals surface area (Å²) in [6, 6.07) is 6.04. The maximum absolute atomic E-state index is 10.6. The van der Waals surface area contributed by atoms with Crippen LogP contribution in [0.4, 0.5) is 0 Å². The number of carbonyl (C=O) groups is 1. The topological polar surface area (TPSA) is 64.3 Å². The van der Waals surface area contributed by atoms with Crippen LogP contribution in [0.15, 0.2) is 30.6 Å². The molecule has 1 aromatic carbocycles. The number of nitrogens with zero attached hydrogens (tertiary/aromatic N) is 2. The smallest absolute Gasteiger partial charge is 0.325 e. The second-order valence-electron chi connectivity index (χ2n) is 4.59. The highest BCUT2D eigenvalue weighted by molar-refractivity contribution is 5.68. The number of aromatic nitrogens is 2. The third-order valence-corrected chi connectivity index (χ3v) is 3.17. The fourth-order valence-electron chi connectivity index (χ4n) is 2.28. The molecule has 19 heavy (non-hydrogen) atoms. The number of aryl methyl sites for hydroxylation is 1. The van der Waals surface area contributed by atoms with Gasteiger partial charge in [-0.2, -0.15) is 5.10 Å². The predicted molar refractivity (Wildman–Crippen MR) is 69.1 cm³/mol. The monoisotopic (exact) mass is 258 g/mol. The summed E-state index contributed by atoms with van der Waals surface area (Å²) in [4.78, 5) is 10.6. The molecule has 1 N–H and O–H groups in total. The number of carboxylic acids is 1. The summed E-state index contributed by atoms with van der Waals surface area (Å²) in [5.41, 5.74) is 3.17. The van der Waals surface area contributed by atoms with E-state index in [-0.39, 0.29) is 6.54 Å². The van der Waals surface area contributed by atoms with E-state index in [1.54, 1.807) is 12.4 Å². The Balaban J connectivity index is 1.89. The molecule has 0 aliphatic carbocycles. The fraction of sp³-hybridized carbons (Fsp3) is 0.286. The van der Waals surface area contributed by atoms with Crippen LogP contribution in [0.25, 0.3) is 11.1 Å². The lowest BCUT2D eigenvalue weighted by Crippen LogP contribution is -2.08. The molecule has 1 aliphatic rings. The fourth-order valence-corrected chi connectivity index (χ4v) is 2.28. The summed E-state index contributed by atoms with van der Waals surface area (Å²) >= 11 is 0. The van der Waals surface area contributed by atoms with Crippen molar-refractivity contribution >= 4 is 5.97 Å². The third-order valence-electron chi connectivity index (χ3n) is 3.17. The van der Waals surface area contributed by atoms with Crippen LogP contribution in [0.2, 0.25) is 0 Å². The number of fused-ring (bicyclic) bond motifs is 1. The first-order chi connectivity index (χ1) is 9.22. The number of rotatable bonds is 3. The van der Waals surface area contributed by atoms with E-state index in [1.807, 2.05) is 12.1 Å². The van der Waals surface area contributed by atoms with Crippen molar-refractivity contribution < 1.29 is 14.6 Å². The predicted octanol–water partition coefficient (Wildman–Crippen LogP) is 1.96. The zero-order chi connectivity index (χ0) is 13.2. The molecule has 0 bridgehead atoms. The first-order valence-corrected chi connectivity index (χ1v) is 6.23. The molecule has 0 radical (unpaired) electrons. The molecule has 0 unspecified atom stereocenters. The number of hydrogen-bond acceptors (Lipinski definition) is 3. The lowest BCUT2D eigenvalue weighted by molar-refractivity contribution is -0.137. The van der Waals surface area contributed by atoms with Crippen LogP contribution in [0.5, 0.6) is 5.75 Å². The molecule has 0 saturated heterocycles. The van der Waals surface area contributed by atoms with Crippen LogP contribution < -0.4 is 4.74 Å². The van der Waals surface area contributed by atoms with Gasteiger partial charge in [0.15, 0.2) is 0 Å². The van der Waals surface area contributed by atoms with Gasteiger partial charge in [0, 0.05) is 11.8 Å². The Bertz CT molecular complexity index is 619. The molecule has 0 atom stereocenters. The number of aliphatic carboxylic acids is 1. The Hall–Kier alpha value is -2.30. The summed E-state index contributed by atoms with van der Waals surface area (Å²) in [6.45, 7) is 0.664. The number of ether oxygens (including phenoxy) is 1. The van der Waals surface area contributed by atoms with Crippen molar-refractivity contribution in [2.45, 2.75) is 19.4 Å². The summed E-state index contributed by atoms with van der Waals surface area (Å²) < 4.78 is 7.00. The molecular formula is C14H14N2O3. The van der Waals surface area contributed by atoms with Crippen molar-refractivity contribution in [1.82, 2.24) is 9.78 Å². The Kier molecular flexibility index (Phi) is 2.95. The summed E-state index contributed by atoms with van der Waals surface area (Å²) in [7, 11) is 0. The van der Waals surface area contributed by atoms with Gasteiger partial charge in [0.05, 0.1) is 12.8 Å². The van der Waals surface area contributed by atoms with E-state index in [1.165, 1.54) is 10.2 Å². The van der Waals surface area contributed by atoms with Gasteiger partial charge in [-0.25, -0.2) is 0 Å². The largest absolute Gasteiger partial charge is 0.493 e. The average molecular weight is 258 g/mol. The van der Waals surface area contributed by atoms with Crippen LogP contribution >= 0.6 is 0 Å². The van der Waals surface area contributed by atoms with Gasteiger partial charge >= 0.3 is 5.97 Å². The zero-order valence-electron chi connectivity index (χ0n) is 10.4. The second kappa shape index (κ2) is 4.76. The highest BCUT2D eigenvalue weighted by Crippen LogP contribution is 2.29. The number of carboxylic acid groups (broad SMARTS) is 1. The summed E-state index contributed by atoms with van der Waals surface area (Å²) in [5.74, 6) is 0.0569. The van der Waals surface area contributed by atoms with E-state index in [0.29, 0.717) is 0 Å². The second-order valence-corrected chi connectivity index (χ2v) is 4.59. The van der Waals surface area contributed by atoms with Crippen molar-refractivity contribution in [2.24, 2.45) is 0 Å². The van der Waals surface area contributed by atoms with Crippen LogP contribution in [-0.4, -0.2) is 27.5 Å². The lowest BCUT2D eigenvalue weighted by Gasteiger charge is -2.17. The molecule has 5 nitrogen and oxygen atoms in total. The van der Waals surface area contributed by atoms with E-state index in [4.69, 9.17) is 9.84 Å². The summed E-state index contributed by atoms with van der Waals surface area (Å²) in [6.07, 6.45) is 5.50. The van der Waals surface area contributed by atoms with Crippen LogP contribution in [0, 0.1) is 0 Å². The molecule has 0 saturated carbocycles. The van der Waals surface area contributed by atoms with Gasteiger partial charge in [0.25, 0.3) is 0 Å².